The molecule has 0 fully saturated rings. The maximum atomic E-state index is 10.4. The van der Waals surface area contributed by atoms with E-state index in [-0.39, 0.29) is 17.9 Å². The zero-order valence-corrected chi connectivity index (χ0v) is 12.9. The van der Waals surface area contributed by atoms with Crippen LogP contribution >= 0.6 is 0 Å². The number of benzene rings is 2. The van der Waals surface area contributed by atoms with Gasteiger partial charge in [0.2, 0.25) is 0 Å². The lowest BCUT2D eigenvalue weighted by atomic mass is 10.1. The number of hydrogen-bond donors (Lipinski definition) is 4. The van der Waals surface area contributed by atoms with Crippen LogP contribution in [0.15, 0.2) is 48.5 Å². The van der Waals surface area contributed by atoms with Gasteiger partial charge in [-0.1, -0.05) is 30.3 Å². The average molecular weight is 329 g/mol. The molecule has 0 aromatic heterocycles. The molecule has 1 heterocycles. The molecule has 6 heteroatoms. The van der Waals surface area contributed by atoms with Crippen molar-refractivity contribution in [1.82, 2.24) is 0 Å². The van der Waals surface area contributed by atoms with E-state index in [0.29, 0.717) is 12.2 Å². The van der Waals surface area contributed by atoms with Crippen LogP contribution in [0.1, 0.15) is 11.1 Å². The lowest BCUT2D eigenvalue weighted by molar-refractivity contribution is -0.138. The Kier molecular flexibility index (Phi) is 5.81. The van der Waals surface area contributed by atoms with Gasteiger partial charge >= 0.3 is 5.97 Å². The van der Waals surface area contributed by atoms with E-state index in [2.05, 4.69) is 6.08 Å². The summed E-state index contributed by atoms with van der Waals surface area (Å²) in [7, 11) is 0. The van der Waals surface area contributed by atoms with Gasteiger partial charge in [0.15, 0.2) is 11.5 Å². The third-order valence-corrected chi connectivity index (χ3v) is 3.36. The van der Waals surface area contributed by atoms with Crippen molar-refractivity contribution < 1.29 is 24.9 Å². The molecule has 1 atom stereocenters. The van der Waals surface area contributed by atoms with Gasteiger partial charge in [0.05, 0.1) is 0 Å². The van der Waals surface area contributed by atoms with Gasteiger partial charge in [0.1, 0.15) is 18.4 Å². The van der Waals surface area contributed by atoms with E-state index in [9.17, 15) is 4.79 Å². The zero-order valence-electron chi connectivity index (χ0n) is 12.9. The van der Waals surface area contributed by atoms with Crippen molar-refractivity contribution in [3.63, 3.8) is 0 Å². The average Bonchev–Trinajstić information content (AvgIpc) is 2.59. The summed E-state index contributed by atoms with van der Waals surface area (Å²) < 4.78 is 5.34. The van der Waals surface area contributed by atoms with Crippen LogP contribution in [0.2, 0.25) is 0 Å². The number of hydrogen-bond acceptors (Lipinski definition) is 5. The van der Waals surface area contributed by atoms with Gasteiger partial charge in [-0.15, -0.1) is 0 Å². The van der Waals surface area contributed by atoms with Gasteiger partial charge in [0, 0.05) is 5.56 Å². The van der Waals surface area contributed by atoms with Crippen LogP contribution in [-0.2, 0) is 11.2 Å². The fourth-order valence-corrected chi connectivity index (χ4v) is 2.10. The second-order valence-corrected chi connectivity index (χ2v) is 5.22. The van der Waals surface area contributed by atoms with Crippen LogP contribution in [0, 0.1) is 0 Å². The molecule has 2 aromatic carbocycles. The van der Waals surface area contributed by atoms with Gasteiger partial charge in [-0.25, -0.2) is 0 Å². The number of nitrogens with two attached hydrogens (primary N) is 1. The second-order valence-electron chi connectivity index (χ2n) is 5.22. The molecule has 0 unspecified atom stereocenters. The molecular formula is C18H19NO5. The minimum atomic E-state index is -1.10. The van der Waals surface area contributed by atoms with E-state index in [4.69, 9.17) is 25.8 Å². The summed E-state index contributed by atoms with van der Waals surface area (Å²) in [5.74, 6) is -0.625. The summed E-state index contributed by atoms with van der Waals surface area (Å²) in [4.78, 5) is 10.4. The maximum Gasteiger partial charge on any atom is 0.320 e. The highest BCUT2D eigenvalue weighted by Crippen LogP contribution is 2.25. The molecule has 5 N–H and O–H groups in total. The standard InChI is InChI=1S/C9H11NO4.C9H8O/c10-6(9(13)14)3-5-1-2-7(11)8(12)4-5;1-2-6-9-8(4-1)5-3-7-10-9/h1-2,4,6,11-12H,3,10H2,(H,13,14);1-6H,7H2/t6-;/m0./s1. The van der Waals surface area contributed by atoms with Crippen molar-refractivity contribution in [2.45, 2.75) is 12.5 Å². The predicted octanol–water partition coefficient (Wildman–Crippen LogP) is 2.14. The van der Waals surface area contributed by atoms with E-state index < -0.39 is 12.0 Å². The Morgan fingerprint density at radius 1 is 1.17 bits per heavy atom. The van der Waals surface area contributed by atoms with Gasteiger partial charge in [-0.3, -0.25) is 4.79 Å². The Balaban J connectivity index is 0.000000182. The van der Waals surface area contributed by atoms with Crippen molar-refractivity contribution >= 4 is 12.0 Å². The largest absolute Gasteiger partial charge is 0.504 e. The third kappa shape index (κ3) is 4.76. The van der Waals surface area contributed by atoms with Gasteiger partial charge in [0.25, 0.3) is 0 Å². The fraction of sp³-hybridized carbons (Fsp3) is 0.167. The highest BCUT2D eigenvalue weighted by Gasteiger charge is 2.12. The summed E-state index contributed by atoms with van der Waals surface area (Å²) >= 11 is 0. The molecular weight excluding hydrogens is 310 g/mol. The molecule has 0 amide bonds. The first-order chi connectivity index (χ1) is 11.5. The molecule has 0 saturated heterocycles. The van der Waals surface area contributed by atoms with Crippen molar-refractivity contribution in [2.75, 3.05) is 6.61 Å². The molecule has 3 rings (SSSR count). The van der Waals surface area contributed by atoms with Crippen LogP contribution in [0.3, 0.4) is 0 Å². The first-order valence-electron chi connectivity index (χ1n) is 7.35. The quantitative estimate of drug-likeness (QED) is 0.642. The zero-order chi connectivity index (χ0) is 17.5. The molecule has 0 saturated carbocycles. The lowest BCUT2D eigenvalue weighted by Crippen LogP contribution is -2.32. The summed E-state index contributed by atoms with van der Waals surface area (Å²) in [6, 6.07) is 11.1. The molecule has 2 aromatic rings. The molecule has 126 valence electrons. The molecule has 6 nitrogen and oxygen atoms in total. The predicted molar refractivity (Wildman–Crippen MR) is 90.1 cm³/mol. The minimum Gasteiger partial charge on any atom is -0.504 e. The third-order valence-electron chi connectivity index (χ3n) is 3.36. The smallest absolute Gasteiger partial charge is 0.320 e. The number of rotatable bonds is 3. The van der Waals surface area contributed by atoms with E-state index in [0.717, 1.165) is 5.75 Å². The number of aliphatic carboxylic acids is 1. The van der Waals surface area contributed by atoms with Gasteiger partial charge < -0.3 is 25.8 Å². The lowest BCUT2D eigenvalue weighted by Gasteiger charge is -2.10. The van der Waals surface area contributed by atoms with E-state index in [1.165, 1.54) is 23.8 Å². The summed E-state index contributed by atoms with van der Waals surface area (Å²) in [6.45, 7) is 0.705. The molecule has 0 aliphatic carbocycles. The Hall–Kier alpha value is -2.99. The van der Waals surface area contributed by atoms with E-state index in [1.807, 2.05) is 30.3 Å². The summed E-state index contributed by atoms with van der Waals surface area (Å²) in [5.41, 5.74) is 7.03. The number of para-hydroxylation sites is 1. The van der Waals surface area contributed by atoms with E-state index >= 15 is 0 Å². The molecule has 24 heavy (non-hydrogen) atoms. The molecule has 1 aliphatic heterocycles. The maximum absolute atomic E-state index is 10.4. The number of aromatic hydroxyl groups is 2. The first kappa shape index (κ1) is 17.4. The molecule has 0 radical (unpaired) electrons. The van der Waals surface area contributed by atoms with Crippen molar-refractivity contribution in [3.8, 4) is 17.2 Å². The second kappa shape index (κ2) is 8.03. The number of carboxylic acids is 1. The fourth-order valence-electron chi connectivity index (χ4n) is 2.10. The van der Waals surface area contributed by atoms with Crippen LogP contribution in [0.5, 0.6) is 17.2 Å². The van der Waals surface area contributed by atoms with Crippen LogP contribution < -0.4 is 10.5 Å². The minimum absolute atomic E-state index is 0.114. The molecule has 0 bridgehead atoms. The number of carboxylic acid groups (broad SMARTS) is 1. The summed E-state index contributed by atoms with van der Waals surface area (Å²) in [5, 5.41) is 26.6. The van der Waals surface area contributed by atoms with Crippen LogP contribution in [-0.4, -0.2) is 33.9 Å². The highest BCUT2D eigenvalue weighted by molar-refractivity contribution is 5.73. The molecule has 0 spiro atoms. The monoisotopic (exact) mass is 329 g/mol. The topological polar surface area (TPSA) is 113 Å². The Morgan fingerprint density at radius 3 is 2.58 bits per heavy atom. The number of phenols is 2. The van der Waals surface area contributed by atoms with E-state index in [1.54, 1.807) is 0 Å². The van der Waals surface area contributed by atoms with Crippen LogP contribution in [0.25, 0.3) is 6.08 Å². The van der Waals surface area contributed by atoms with Crippen molar-refractivity contribution in [2.24, 2.45) is 5.73 Å². The normalized spacial score (nSPS) is 13.0. The highest BCUT2D eigenvalue weighted by atomic mass is 16.5. The number of phenolic OH excluding ortho intramolecular Hbond substituents is 2. The first-order valence-corrected chi connectivity index (χ1v) is 7.35. The Morgan fingerprint density at radius 2 is 1.92 bits per heavy atom. The Labute approximate surface area is 139 Å². The SMILES string of the molecule is C1=Cc2ccccc2OC1.N[C@@H](Cc1ccc(O)c(O)c1)C(=O)O. The number of carbonyl (C=O) groups is 1. The number of fused-ring (bicyclic) bond motifs is 1. The van der Waals surface area contributed by atoms with Crippen molar-refractivity contribution in [3.05, 3.63) is 59.7 Å². The van der Waals surface area contributed by atoms with Crippen molar-refractivity contribution in [1.29, 1.82) is 0 Å². The molecule has 1 aliphatic rings. The van der Waals surface area contributed by atoms with Crippen LogP contribution in [0.4, 0.5) is 0 Å². The number of ether oxygens (including phenoxy) is 1. The van der Waals surface area contributed by atoms with Gasteiger partial charge in [-0.05, 0) is 36.3 Å². The van der Waals surface area contributed by atoms with Gasteiger partial charge in [-0.2, -0.15) is 0 Å². The Bertz CT molecular complexity index is 742. The summed E-state index contributed by atoms with van der Waals surface area (Å²) in [6.07, 6.45) is 4.21.